The molecule has 0 saturated carbocycles. The van der Waals surface area contributed by atoms with Crippen LogP contribution in [0.2, 0.25) is 0 Å². The van der Waals surface area contributed by atoms with Gasteiger partial charge in [-0.25, -0.2) is 4.79 Å². The van der Waals surface area contributed by atoms with Gasteiger partial charge in [0.05, 0.1) is 12.7 Å². The lowest BCUT2D eigenvalue weighted by atomic mass is 9.83. The van der Waals surface area contributed by atoms with Gasteiger partial charge in [-0.15, -0.1) is 0 Å². The van der Waals surface area contributed by atoms with E-state index in [9.17, 15) is 9.59 Å². The molecule has 0 N–H and O–H groups in total. The summed E-state index contributed by atoms with van der Waals surface area (Å²) >= 11 is 0. The fourth-order valence-corrected chi connectivity index (χ4v) is 3.38. The van der Waals surface area contributed by atoms with Crippen molar-refractivity contribution < 1.29 is 14.3 Å². The standard InChI is InChI=1S/C23H26O3/c1-22(2,3)13-8-9-15-16(10-13)20(24)17-11-14(23(4,5)6)12-18(19(15)17)21(25)26-7/h8-12H,1-7H3. The van der Waals surface area contributed by atoms with Crippen LogP contribution in [-0.2, 0) is 15.6 Å². The molecule has 0 aromatic heterocycles. The summed E-state index contributed by atoms with van der Waals surface area (Å²) in [5, 5.41) is 0. The van der Waals surface area contributed by atoms with Crippen LogP contribution in [0.4, 0.5) is 0 Å². The Bertz CT molecular complexity index is 922. The van der Waals surface area contributed by atoms with Crippen molar-refractivity contribution in [3.8, 4) is 11.1 Å². The second-order valence-electron chi connectivity index (χ2n) is 9.03. The largest absolute Gasteiger partial charge is 0.465 e. The lowest BCUT2D eigenvalue weighted by molar-refractivity contribution is 0.0601. The lowest BCUT2D eigenvalue weighted by Gasteiger charge is -2.21. The minimum Gasteiger partial charge on any atom is -0.465 e. The molecule has 0 atom stereocenters. The Hall–Kier alpha value is -2.42. The molecule has 0 unspecified atom stereocenters. The maximum Gasteiger partial charge on any atom is 0.338 e. The number of rotatable bonds is 1. The predicted octanol–water partition coefficient (Wildman–Crippen LogP) is 5.28. The van der Waals surface area contributed by atoms with E-state index in [0.717, 1.165) is 16.7 Å². The van der Waals surface area contributed by atoms with Gasteiger partial charge < -0.3 is 4.74 Å². The average molecular weight is 350 g/mol. The van der Waals surface area contributed by atoms with E-state index in [2.05, 4.69) is 41.5 Å². The van der Waals surface area contributed by atoms with Crippen LogP contribution in [0.25, 0.3) is 11.1 Å². The van der Waals surface area contributed by atoms with Gasteiger partial charge in [-0.2, -0.15) is 0 Å². The van der Waals surface area contributed by atoms with Gasteiger partial charge in [0.2, 0.25) is 0 Å². The Morgan fingerprint density at radius 3 is 1.92 bits per heavy atom. The summed E-state index contributed by atoms with van der Waals surface area (Å²) in [5.74, 6) is -0.426. The highest BCUT2D eigenvalue weighted by molar-refractivity contribution is 6.24. The maximum absolute atomic E-state index is 13.2. The van der Waals surface area contributed by atoms with Crippen molar-refractivity contribution in [2.75, 3.05) is 7.11 Å². The molecule has 0 aliphatic heterocycles. The molecule has 26 heavy (non-hydrogen) atoms. The highest BCUT2D eigenvalue weighted by Crippen LogP contribution is 2.43. The first-order valence-corrected chi connectivity index (χ1v) is 8.91. The molecule has 0 bridgehead atoms. The van der Waals surface area contributed by atoms with E-state index >= 15 is 0 Å². The van der Waals surface area contributed by atoms with Crippen molar-refractivity contribution in [3.05, 3.63) is 58.1 Å². The number of fused-ring (bicyclic) bond motifs is 3. The average Bonchev–Trinajstić information content (AvgIpc) is 2.84. The molecule has 1 aliphatic carbocycles. The first kappa shape index (κ1) is 18.4. The first-order chi connectivity index (χ1) is 11.9. The van der Waals surface area contributed by atoms with Crippen LogP contribution < -0.4 is 0 Å². The van der Waals surface area contributed by atoms with Gasteiger partial charge in [-0.3, -0.25) is 4.79 Å². The Balaban J connectivity index is 2.31. The molecule has 1 aliphatic rings. The van der Waals surface area contributed by atoms with Gasteiger partial charge in [0.25, 0.3) is 0 Å². The normalized spacial score (nSPS) is 13.4. The Morgan fingerprint density at radius 2 is 1.38 bits per heavy atom. The first-order valence-electron chi connectivity index (χ1n) is 8.91. The number of benzene rings is 2. The van der Waals surface area contributed by atoms with E-state index in [1.807, 2.05) is 30.3 Å². The van der Waals surface area contributed by atoms with Gasteiger partial charge in [0.15, 0.2) is 5.78 Å². The maximum atomic E-state index is 13.2. The zero-order chi connectivity index (χ0) is 19.4. The number of hydrogen-bond donors (Lipinski definition) is 0. The third-order valence-electron chi connectivity index (χ3n) is 5.05. The van der Waals surface area contributed by atoms with Crippen molar-refractivity contribution >= 4 is 11.8 Å². The zero-order valence-electron chi connectivity index (χ0n) is 16.6. The summed E-state index contributed by atoms with van der Waals surface area (Å²) in [4.78, 5) is 25.6. The van der Waals surface area contributed by atoms with E-state index in [0.29, 0.717) is 22.3 Å². The van der Waals surface area contributed by atoms with Crippen LogP contribution in [-0.4, -0.2) is 18.9 Å². The summed E-state index contributed by atoms with van der Waals surface area (Å²) in [7, 11) is 1.37. The molecule has 0 saturated heterocycles. The van der Waals surface area contributed by atoms with E-state index in [1.165, 1.54) is 7.11 Å². The van der Waals surface area contributed by atoms with Crippen LogP contribution >= 0.6 is 0 Å². The van der Waals surface area contributed by atoms with Crippen molar-refractivity contribution in [2.24, 2.45) is 0 Å². The van der Waals surface area contributed by atoms with E-state index in [4.69, 9.17) is 4.74 Å². The van der Waals surface area contributed by atoms with Crippen LogP contribution in [0, 0.1) is 0 Å². The molecule has 3 rings (SSSR count). The molecule has 0 heterocycles. The molecule has 0 fully saturated rings. The van der Waals surface area contributed by atoms with E-state index < -0.39 is 5.97 Å². The summed E-state index contributed by atoms with van der Waals surface area (Å²) in [6.45, 7) is 12.6. The lowest BCUT2D eigenvalue weighted by Crippen LogP contribution is -2.15. The Labute approximate surface area is 155 Å². The van der Waals surface area contributed by atoms with Crippen molar-refractivity contribution in [1.82, 2.24) is 0 Å². The van der Waals surface area contributed by atoms with Crippen LogP contribution in [0.5, 0.6) is 0 Å². The summed E-state index contributed by atoms with van der Waals surface area (Å²) < 4.78 is 5.01. The minimum absolute atomic E-state index is 0.0163. The topological polar surface area (TPSA) is 43.4 Å². The molecular weight excluding hydrogens is 324 g/mol. The molecule has 3 heteroatoms. The zero-order valence-corrected chi connectivity index (χ0v) is 16.6. The molecule has 3 nitrogen and oxygen atoms in total. The number of hydrogen-bond acceptors (Lipinski definition) is 3. The molecule has 136 valence electrons. The highest BCUT2D eigenvalue weighted by Gasteiger charge is 2.34. The summed E-state index contributed by atoms with van der Waals surface area (Å²) in [6, 6.07) is 9.77. The van der Waals surface area contributed by atoms with Crippen molar-refractivity contribution in [3.63, 3.8) is 0 Å². The quantitative estimate of drug-likeness (QED) is 0.561. The van der Waals surface area contributed by atoms with Gasteiger partial charge in [-0.1, -0.05) is 53.7 Å². The molecule has 2 aromatic carbocycles. The number of methoxy groups -OCH3 is 1. The number of ketones is 1. The smallest absolute Gasteiger partial charge is 0.338 e. The molecule has 0 spiro atoms. The van der Waals surface area contributed by atoms with E-state index in [1.54, 1.807) is 0 Å². The molecule has 0 radical (unpaired) electrons. The fraction of sp³-hybridized carbons (Fsp3) is 0.391. The number of ether oxygens (including phenoxy) is 1. The number of esters is 1. The second kappa shape index (κ2) is 5.80. The SMILES string of the molecule is COC(=O)c1cc(C(C)(C)C)cc2c1-c1ccc(C(C)(C)C)cc1C2=O. The Morgan fingerprint density at radius 1 is 0.808 bits per heavy atom. The van der Waals surface area contributed by atoms with E-state index in [-0.39, 0.29) is 16.6 Å². The van der Waals surface area contributed by atoms with Gasteiger partial charge in [-0.05, 0) is 45.7 Å². The van der Waals surface area contributed by atoms with Crippen LogP contribution in [0.15, 0.2) is 30.3 Å². The monoisotopic (exact) mass is 350 g/mol. The number of carbonyl (C=O) groups excluding carboxylic acids is 2. The summed E-state index contributed by atoms with van der Waals surface area (Å²) in [6.07, 6.45) is 0. The Kier molecular flexibility index (Phi) is 4.10. The molecular formula is C23H26O3. The van der Waals surface area contributed by atoms with Gasteiger partial charge >= 0.3 is 5.97 Å². The third-order valence-corrected chi connectivity index (χ3v) is 5.05. The van der Waals surface area contributed by atoms with Gasteiger partial charge in [0.1, 0.15) is 0 Å². The third kappa shape index (κ3) is 2.86. The van der Waals surface area contributed by atoms with Crippen molar-refractivity contribution in [2.45, 2.75) is 52.4 Å². The predicted molar refractivity (Wildman–Crippen MR) is 104 cm³/mol. The molecule has 2 aromatic rings. The highest BCUT2D eigenvalue weighted by atomic mass is 16.5. The number of carbonyl (C=O) groups is 2. The fourth-order valence-electron chi connectivity index (χ4n) is 3.38. The van der Waals surface area contributed by atoms with Crippen molar-refractivity contribution in [1.29, 1.82) is 0 Å². The summed E-state index contributed by atoms with van der Waals surface area (Å²) in [5.41, 5.74) is 5.08. The second-order valence-corrected chi connectivity index (χ2v) is 9.03. The minimum atomic E-state index is -0.409. The van der Waals surface area contributed by atoms with Crippen LogP contribution in [0.3, 0.4) is 0 Å². The van der Waals surface area contributed by atoms with Gasteiger partial charge in [0, 0.05) is 16.7 Å². The van der Waals surface area contributed by atoms with Crippen LogP contribution in [0.1, 0.15) is 78.9 Å². The molecule has 0 amide bonds.